The molecule has 2 aliphatic rings. The number of hydrazone groups is 1. The number of pyridine rings is 1. The highest BCUT2D eigenvalue weighted by molar-refractivity contribution is 6.01. The normalized spacial score (nSPS) is 17.2. The summed E-state index contributed by atoms with van der Waals surface area (Å²) in [5, 5.41) is 13.1. The molecule has 2 aliphatic heterocycles. The molecule has 142 valence electrons. The van der Waals surface area contributed by atoms with Gasteiger partial charge in [-0.05, 0) is 17.5 Å². The van der Waals surface area contributed by atoms with Gasteiger partial charge in [0.15, 0.2) is 0 Å². The molecule has 2 N–H and O–H groups in total. The Morgan fingerprint density at radius 2 is 2.11 bits per heavy atom. The summed E-state index contributed by atoms with van der Waals surface area (Å²) in [5.41, 5.74) is 2.70. The molecule has 0 saturated heterocycles. The Morgan fingerprint density at radius 3 is 2.93 bits per heavy atom. The zero-order valence-corrected chi connectivity index (χ0v) is 15.4. The Kier molecular flexibility index (Phi) is 4.61. The van der Waals surface area contributed by atoms with Crippen LogP contribution in [0.5, 0.6) is 0 Å². The molecule has 0 atom stereocenters. The fraction of sp³-hybridized carbons (Fsp3) is 0.500. The molecule has 9 heteroatoms. The van der Waals surface area contributed by atoms with Crippen molar-refractivity contribution in [3.63, 3.8) is 0 Å². The van der Waals surface area contributed by atoms with E-state index in [9.17, 15) is 9.59 Å². The van der Waals surface area contributed by atoms with Gasteiger partial charge in [-0.25, -0.2) is 5.01 Å². The predicted molar refractivity (Wildman–Crippen MR) is 98.1 cm³/mol. The number of aromatic nitrogens is 3. The molecule has 0 bridgehead atoms. The van der Waals surface area contributed by atoms with E-state index in [0.29, 0.717) is 43.1 Å². The largest absolute Gasteiger partial charge is 0.332 e. The fourth-order valence-corrected chi connectivity index (χ4v) is 3.29. The molecule has 0 radical (unpaired) electrons. The molecule has 4 heterocycles. The second kappa shape index (κ2) is 7.07. The van der Waals surface area contributed by atoms with Crippen molar-refractivity contribution in [3.05, 3.63) is 33.6 Å². The first-order valence-electron chi connectivity index (χ1n) is 9.19. The van der Waals surface area contributed by atoms with Crippen molar-refractivity contribution in [1.29, 1.82) is 0 Å². The average Bonchev–Trinajstić information content (AvgIpc) is 3.12. The van der Waals surface area contributed by atoms with Gasteiger partial charge in [0.25, 0.3) is 11.4 Å². The van der Waals surface area contributed by atoms with Crippen LogP contribution in [0.3, 0.4) is 0 Å². The second-order valence-electron chi connectivity index (χ2n) is 7.28. The van der Waals surface area contributed by atoms with Crippen LogP contribution in [0.2, 0.25) is 0 Å². The summed E-state index contributed by atoms with van der Waals surface area (Å²) in [6, 6.07) is 1.81. The molecule has 4 rings (SSSR count). The molecule has 2 aromatic heterocycles. The molecular formula is C18H22N6O3. The van der Waals surface area contributed by atoms with E-state index in [-0.39, 0.29) is 23.2 Å². The van der Waals surface area contributed by atoms with E-state index in [1.54, 1.807) is 0 Å². The van der Waals surface area contributed by atoms with E-state index in [1.807, 2.05) is 19.9 Å². The quantitative estimate of drug-likeness (QED) is 0.831. The van der Waals surface area contributed by atoms with Crippen molar-refractivity contribution >= 4 is 11.6 Å². The van der Waals surface area contributed by atoms with Crippen molar-refractivity contribution in [3.8, 4) is 11.4 Å². The highest BCUT2D eigenvalue weighted by Gasteiger charge is 2.26. The zero-order valence-electron chi connectivity index (χ0n) is 15.4. The molecule has 0 spiro atoms. The second-order valence-corrected chi connectivity index (χ2v) is 7.28. The van der Waals surface area contributed by atoms with E-state index in [4.69, 9.17) is 4.52 Å². The monoisotopic (exact) mass is 370 g/mol. The predicted octanol–water partition coefficient (Wildman–Crippen LogP) is 1.05. The number of nitrogens with one attached hydrogen (secondary N) is 2. The number of carbonyl (C=O) groups excluding carboxylic acids is 1. The summed E-state index contributed by atoms with van der Waals surface area (Å²) in [7, 11) is 0. The van der Waals surface area contributed by atoms with Gasteiger partial charge in [0.05, 0.1) is 5.56 Å². The lowest BCUT2D eigenvalue weighted by Gasteiger charge is -2.23. The molecule has 27 heavy (non-hydrogen) atoms. The summed E-state index contributed by atoms with van der Waals surface area (Å²) in [4.78, 5) is 31.7. The number of H-pyrrole nitrogens is 1. The number of carbonyl (C=O) groups is 1. The molecule has 0 aliphatic carbocycles. The minimum absolute atomic E-state index is 0.00850. The number of aromatic amines is 1. The van der Waals surface area contributed by atoms with Gasteiger partial charge in [-0.2, -0.15) is 10.1 Å². The van der Waals surface area contributed by atoms with Crippen LogP contribution in [0.15, 0.2) is 20.5 Å². The van der Waals surface area contributed by atoms with Gasteiger partial charge in [-0.15, -0.1) is 0 Å². The Bertz CT molecular complexity index is 958. The first-order chi connectivity index (χ1) is 13.0. The fourth-order valence-electron chi connectivity index (χ4n) is 3.29. The van der Waals surface area contributed by atoms with Gasteiger partial charge in [0, 0.05) is 44.6 Å². The molecule has 0 saturated carbocycles. The number of fused-ring (bicyclic) bond motifs is 1. The van der Waals surface area contributed by atoms with Crippen LogP contribution in [0.25, 0.3) is 11.4 Å². The maximum atomic E-state index is 12.4. The molecule has 9 nitrogen and oxygen atoms in total. The van der Waals surface area contributed by atoms with Gasteiger partial charge >= 0.3 is 0 Å². The Balaban J connectivity index is 1.64. The maximum absolute atomic E-state index is 12.4. The molecule has 0 aromatic carbocycles. The van der Waals surface area contributed by atoms with Crippen LogP contribution in [-0.4, -0.2) is 44.8 Å². The van der Waals surface area contributed by atoms with Crippen molar-refractivity contribution < 1.29 is 9.32 Å². The summed E-state index contributed by atoms with van der Waals surface area (Å²) in [6.45, 7) is 6.14. The minimum atomic E-state index is -0.231. The van der Waals surface area contributed by atoms with E-state index in [0.717, 1.165) is 24.2 Å². The van der Waals surface area contributed by atoms with Crippen LogP contribution in [0, 0.1) is 5.92 Å². The number of hydrogen-bond acceptors (Lipinski definition) is 7. The zero-order chi connectivity index (χ0) is 19.0. The highest BCUT2D eigenvalue weighted by atomic mass is 16.5. The lowest BCUT2D eigenvalue weighted by Crippen LogP contribution is -2.34. The lowest BCUT2D eigenvalue weighted by molar-refractivity contribution is -0.132. The first kappa shape index (κ1) is 17.6. The van der Waals surface area contributed by atoms with Gasteiger partial charge in [0.2, 0.25) is 11.7 Å². The molecule has 1 amide bonds. The van der Waals surface area contributed by atoms with Crippen LogP contribution in [0.1, 0.15) is 43.8 Å². The van der Waals surface area contributed by atoms with Crippen LogP contribution in [-0.2, 0) is 17.8 Å². The Labute approximate surface area is 155 Å². The molecular weight excluding hydrogens is 348 g/mol. The van der Waals surface area contributed by atoms with E-state index >= 15 is 0 Å². The average molecular weight is 370 g/mol. The van der Waals surface area contributed by atoms with Crippen molar-refractivity contribution in [1.82, 2.24) is 25.5 Å². The minimum Gasteiger partial charge on any atom is -0.332 e. The molecule has 0 fully saturated rings. The number of rotatable bonds is 4. The molecule has 2 aromatic rings. The summed E-state index contributed by atoms with van der Waals surface area (Å²) < 4.78 is 5.35. The van der Waals surface area contributed by atoms with Crippen LogP contribution >= 0.6 is 0 Å². The Morgan fingerprint density at radius 1 is 1.26 bits per heavy atom. The summed E-state index contributed by atoms with van der Waals surface area (Å²) >= 11 is 0. The van der Waals surface area contributed by atoms with Gasteiger partial charge in [-0.3, -0.25) is 9.59 Å². The lowest BCUT2D eigenvalue weighted by atomic mass is 10.0. The maximum Gasteiger partial charge on any atom is 0.274 e. The Hall–Kier alpha value is -2.81. The number of amides is 1. The van der Waals surface area contributed by atoms with Gasteiger partial charge < -0.3 is 14.8 Å². The summed E-state index contributed by atoms with van der Waals surface area (Å²) in [5.74, 6) is 0.778. The van der Waals surface area contributed by atoms with Crippen LogP contribution < -0.4 is 10.9 Å². The van der Waals surface area contributed by atoms with E-state index in [1.165, 1.54) is 5.01 Å². The van der Waals surface area contributed by atoms with Crippen molar-refractivity contribution in [2.24, 2.45) is 11.0 Å². The van der Waals surface area contributed by atoms with Crippen LogP contribution in [0.4, 0.5) is 0 Å². The van der Waals surface area contributed by atoms with Gasteiger partial charge in [-0.1, -0.05) is 19.0 Å². The summed E-state index contributed by atoms with van der Waals surface area (Å²) in [6.07, 6.45) is 1.59. The third-order valence-corrected chi connectivity index (χ3v) is 4.64. The van der Waals surface area contributed by atoms with E-state index in [2.05, 4.69) is 25.5 Å². The topological polar surface area (TPSA) is 116 Å². The third kappa shape index (κ3) is 3.55. The molecule has 0 unspecified atom stereocenters. The number of nitrogens with zero attached hydrogens (tertiary/aromatic N) is 4. The van der Waals surface area contributed by atoms with Crippen molar-refractivity contribution in [2.75, 3.05) is 13.1 Å². The first-order valence-corrected chi connectivity index (χ1v) is 9.19. The van der Waals surface area contributed by atoms with Gasteiger partial charge in [0.1, 0.15) is 5.71 Å². The smallest absolute Gasteiger partial charge is 0.274 e. The van der Waals surface area contributed by atoms with E-state index < -0.39 is 0 Å². The number of hydrogen-bond donors (Lipinski definition) is 2. The highest BCUT2D eigenvalue weighted by Crippen LogP contribution is 2.20. The van der Waals surface area contributed by atoms with Crippen molar-refractivity contribution in [2.45, 2.75) is 39.7 Å². The standard InChI is InChI=1S/C18H22N6O3/c1-10(2)9-24-15(25)4-3-14(22-24)18-21-16(23-27-18)12-7-11-8-19-6-5-13(11)20-17(12)26/h7,10,19H,3-6,8-9H2,1-2H3,(H,20,26). The third-order valence-electron chi connectivity index (χ3n) is 4.64. The SMILES string of the molecule is CC(C)CN1N=C(c2nc(-c3cc4c([nH]c3=O)CCNC4)no2)CCC1=O.